The topological polar surface area (TPSA) is 136 Å². The van der Waals surface area contributed by atoms with Crippen LogP contribution in [0.5, 0.6) is 0 Å². The van der Waals surface area contributed by atoms with Crippen LogP contribution in [0.4, 0.5) is 5.69 Å². The summed E-state index contributed by atoms with van der Waals surface area (Å²) in [6, 6.07) is 9.17. The van der Waals surface area contributed by atoms with Gasteiger partial charge < -0.3 is 11.1 Å². The Morgan fingerprint density at radius 1 is 1.10 bits per heavy atom. The predicted molar refractivity (Wildman–Crippen MR) is 114 cm³/mol. The van der Waals surface area contributed by atoms with Crippen LogP contribution in [-0.4, -0.2) is 37.6 Å². The summed E-state index contributed by atoms with van der Waals surface area (Å²) < 4.78 is 1.42. The molecule has 1 aromatic carbocycles. The standard InChI is InChI=1S/C22H24N6O3/c1-28-12-18(19(27-28)21(23)30)25-22(31)16-5-3-2-4-15(16)20(29)14-8-6-13(7-9-14)17-10-11-24-26-17/h6-12,15-16H,2-5H2,1H3,(H2,23,30)(H,24,26)(H,25,31). The van der Waals surface area contributed by atoms with Gasteiger partial charge in [0.2, 0.25) is 5.91 Å². The van der Waals surface area contributed by atoms with E-state index in [-0.39, 0.29) is 23.1 Å². The summed E-state index contributed by atoms with van der Waals surface area (Å²) in [5.41, 5.74) is 8.00. The molecule has 4 N–H and O–H groups in total. The second kappa shape index (κ2) is 8.55. The molecule has 0 saturated heterocycles. The number of anilines is 1. The van der Waals surface area contributed by atoms with Crippen LogP contribution >= 0.6 is 0 Å². The maximum absolute atomic E-state index is 13.3. The van der Waals surface area contributed by atoms with Crippen LogP contribution in [0.25, 0.3) is 11.3 Å². The maximum Gasteiger partial charge on any atom is 0.271 e. The van der Waals surface area contributed by atoms with Crippen LogP contribution in [-0.2, 0) is 11.8 Å². The average molecular weight is 420 g/mol. The van der Waals surface area contributed by atoms with Crippen LogP contribution in [0, 0.1) is 11.8 Å². The molecule has 0 bridgehead atoms. The number of H-pyrrole nitrogens is 1. The largest absolute Gasteiger partial charge is 0.364 e. The van der Waals surface area contributed by atoms with Gasteiger partial charge in [-0.15, -0.1) is 0 Å². The smallest absolute Gasteiger partial charge is 0.271 e. The third kappa shape index (κ3) is 4.25. The second-order valence-corrected chi connectivity index (χ2v) is 7.83. The number of hydrogen-bond acceptors (Lipinski definition) is 5. The first-order valence-corrected chi connectivity index (χ1v) is 10.2. The Hall–Kier alpha value is -3.75. The van der Waals surface area contributed by atoms with Gasteiger partial charge in [0.15, 0.2) is 11.5 Å². The summed E-state index contributed by atoms with van der Waals surface area (Å²) >= 11 is 0. The highest BCUT2D eigenvalue weighted by Crippen LogP contribution is 2.34. The normalized spacial score (nSPS) is 18.5. The molecule has 9 heteroatoms. The first kappa shape index (κ1) is 20.5. The molecule has 160 valence electrons. The molecule has 1 fully saturated rings. The van der Waals surface area contributed by atoms with Crippen LogP contribution < -0.4 is 11.1 Å². The third-order valence-electron chi connectivity index (χ3n) is 5.74. The van der Waals surface area contributed by atoms with Crippen molar-refractivity contribution < 1.29 is 14.4 Å². The van der Waals surface area contributed by atoms with E-state index >= 15 is 0 Å². The SMILES string of the molecule is Cn1cc(NC(=O)C2CCCCC2C(=O)c2ccc(-c3ccn[nH]3)cc2)c(C(N)=O)n1. The minimum Gasteiger partial charge on any atom is -0.364 e. The molecule has 1 saturated carbocycles. The van der Waals surface area contributed by atoms with Gasteiger partial charge in [0, 0.05) is 36.8 Å². The van der Waals surface area contributed by atoms with Crippen LogP contribution in [0.3, 0.4) is 0 Å². The lowest BCUT2D eigenvalue weighted by Gasteiger charge is -2.29. The fourth-order valence-corrected chi connectivity index (χ4v) is 4.19. The molecule has 1 aliphatic carbocycles. The molecule has 2 unspecified atom stereocenters. The lowest BCUT2D eigenvalue weighted by atomic mass is 9.75. The van der Waals surface area contributed by atoms with E-state index in [4.69, 9.17) is 5.73 Å². The van der Waals surface area contributed by atoms with Gasteiger partial charge in [-0.25, -0.2) is 0 Å². The van der Waals surface area contributed by atoms with E-state index < -0.39 is 17.7 Å². The number of benzene rings is 1. The first-order chi connectivity index (χ1) is 14.9. The molecule has 2 atom stereocenters. The number of rotatable bonds is 6. The molecule has 0 aliphatic heterocycles. The van der Waals surface area contributed by atoms with Crippen LogP contribution in [0.15, 0.2) is 42.7 Å². The number of nitrogens with two attached hydrogens (primary N) is 1. The number of aromatic amines is 1. The highest BCUT2D eigenvalue weighted by atomic mass is 16.2. The summed E-state index contributed by atoms with van der Waals surface area (Å²) in [6.07, 6.45) is 6.23. The van der Waals surface area contributed by atoms with Crippen molar-refractivity contribution in [1.82, 2.24) is 20.0 Å². The van der Waals surface area contributed by atoms with E-state index in [1.165, 1.54) is 10.9 Å². The molecule has 0 spiro atoms. The van der Waals surface area contributed by atoms with E-state index in [1.807, 2.05) is 18.2 Å². The molecular weight excluding hydrogens is 396 g/mol. The summed E-state index contributed by atoms with van der Waals surface area (Å²) in [5, 5.41) is 13.6. The molecule has 9 nitrogen and oxygen atoms in total. The highest BCUT2D eigenvalue weighted by molar-refractivity contribution is 6.05. The summed E-state index contributed by atoms with van der Waals surface area (Å²) in [6.45, 7) is 0. The quantitative estimate of drug-likeness (QED) is 0.527. The second-order valence-electron chi connectivity index (χ2n) is 7.83. The molecular formula is C22H24N6O3. The van der Waals surface area contributed by atoms with Gasteiger partial charge in [0.05, 0.1) is 11.4 Å². The number of aromatic nitrogens is 4. The van der Waals surface area contributed by atoms with Crippen molar-refractivity contribution in [3.05, 3.63) is 54.0 Å². The van der Waals surface area contributed by atoms with Gasteiger partial charge in [-0.2, -0.15) is 10.2 Å². The molecule has 2 heterocycles. The van der Waals surface area contributed by atoms with Crippen molar-refractivity contribution in [1.29, 1.82) is 0 Å². The number of carbonyl (C=O) groups excluding carboxylic acids is 3. The molecule has 2 aromatic heterocycles. The van der Waals surface area contributed by atoms with E-state index in [1.54, 1.807) is 25.4 Å². The number of nitrogens with one attached hydrogen (secondary N) is 2. The van der Waals surface area contributed by atoms with Crippen molar-refractivity contribution >= 4 is 23.3 Å². The molecule has 1 aliphatic rings. The lowest BCUT2D eigenvalue weighted by Crippen LogP contribution is -2.36. The molecule has 3 aromatic rings. The summed E-state index contributed by atoms with van der Waals surface area (Å²) in [5.74, 6) is -1.95. The number of carbonyl (C=O) groups is 3. The van der Waals surface area contributed by atoms with Gasteiger partial charge in [0.25, 0.3) is 5.91 Å². The Balaban J connectivity index is 1.52. The van der Waals surface area contributed by atoms with Crippen molar-refractivity contribution in [2.24, 2.45) is 24.6 Å². The van der Waals surface area contributed by atoms with Gasteiger partial charge in [-0.1, -0.05) is 37.1 Å². The monoisotopic (exact) mass is 420 g/mol. The molecule has 0 radical (unpaired) electrons. The van der Waals surface area contributed by atoms with Crippen LogP contribution in [0.1, 0.15) is 46.5 Å². The van der Waals surface area contributed by atoms with Crippen molar-refractivity contribution in [2.45, 2.75) is 25.7 Å². The minimum absolute atomic E-state index is 0.00364. The Morgan fingerprint density at radius 2 is 1.81 bits per heavy atom. The number of aryl methyl sites for hydroxylation is 1. The van der Waals surface area contributed by atoms with E-state index in [0.717, 1.165) is 24.1 Å². The lowest BCUT2D eigenvalue weighted by molar-refractivity contribution is -0.122. The Morgan fingerprint density at radius 3 is 2.45 bits per heavy atom. The molecule has 2 amide bonds. The zero-order chi connectivity index (χ0) is 22.0. The van der Waals surface area contributed by atoms with E-state index in [2.05, 4.69) is 20.6 Å². The third-order valence-corrected chi connectivity index (χ3v) is 5.74. The van der Waals surface area contributed by atoms with Gasteiger partial charge >= 0.3 is 0 Å². The number of amides is 2. The fraction of sp³-hybridized carbons (Fsp3) is 0.318. The maximum atomic E-state index is 13.3. The molecule has 4 rings (SSSR count). The Bertz CT molecular complexity index is 1100. The predicted octanol–water partition coefficient (Wildman–Crippen LogP) is 2.54. The Labute approximate surface area is 179 Å². The van der Waals surface area contributed by atoms with Crippen LogP contribution in [0.2, 0.25) is 0 Å². The number of hydrogen-bond donors (Lipinski definition) is 3. The van der Waals surface area contributed by atoms with Gasteiger partial charge in [-0.3, -0.25) is 24.2 Å². The summed E-state index contributed by atoms with van der Waals surface area (Å²) in [7, 11) is 1.64. The first-order valence-electron chi connectivity index (χ1n) is 10.2. The molecule has 31 heavy (non-hydrogen) atoms. The zero-order valence-corrected chi connectivity index (χ0v) is 17.2. The fourth-order valence-electron chi connectivity index (χ4n) is 4.19. The zero-order valence-electron chi connectivity index (χ0n) is 17.2. The highest BCUT2D eigenvalue weighted by Gasteiger charge is 2.36. The van der Waals surface area contributed by atoms with Crippen molar-refractivity contribution in [3.63, 3.8) is 0 Å². The number of ketones is 1. The van der Waals surface area contributed by atoms with Gasteiger partial charge in [-0.05, 0) is 24.5 Å². The number of primary amides is 1. The van der Waals surface area contributed by atoms with Gasteiger partial charge in [0.1, 0.15) is 0 Å². The average Bonchev–Trinajstić information content (AvgIpc) is 3.43. The minimum atomic E-state index is -0.718. The summed E-state index contributed by atoms with van der Waals surface area (Å²) in [4.78, 5) is 37.9. The van der Waals surface area contributed by atoms with E-state index in [0.29, 0.717) is 18.4 Å². The number of Topliss-reactive ketones (excluding diaryl/α,β-unsaturated/α-hetero) is 1. The van der Waals surface area contributed by atoms with E-state index in [9.17, 15) is 14.4 Å². The van der Waals surface area contributed by atoms with Crippen molar-refractivity contribution in [3.8, 4) is 11.3 Å². The number of nitrogens with zero attached hydrogens (tertiary/aromatic N) is 3. The van der Waals surface area contributed by atoms with Crippen molar-refractivity contribution in [2.75, 3.05) is 5.32 Å². The Kier molecular flexibility index (Phi) is 5.66.